The zero-order valence-corrected chi connectivity index (χ0v) is 5.61. The Balaban J connectivity index is 2.74. The molecule has 1 aromatic rings. The molecule has 0 bridgehead atoms. The predicted octanol–water partition coefficient (Wildman–Crippen LogP) is 0.0691. The Hall–Kier alpha value is -1.26. The Morgan fingerprint density at radius 3 is 3.00 bits per heavy atom. The molecule has 0 saturated carbocycles. The molecule has 0 aliphatic heterocycles. The number of carboxylic acid groups (broad SMARTS) is 1. The lowest BCUT2D eigenvalue weighted by atomic mass is 9.95. The van der Waals surface area contributed by atoms with Crippen molar-refractivity contribution in [2.45, 2.75) is 6.92 Å². The SMILES string of the molecule is Cc1cncn1BC(=O)O. The van der Waals surface area contributed by atoms with Gasteiger partial charge in [0.2, 0.25) is 0 Å². The summed E-state index contributed by atoms with van der Waals surface area (Å²) >= 11 is 0. The highest BCUT2D eigenvalue weighted by atomic mass is 16.4. The molecular weight excluding hydrogens is 131 g/mol. The molecule has 0 aromatic carbocycles. The minimum absolute atomic E-state index is 0.00810. The molecule has 1 rings (SSSR count). The van der Waals surface area contributed by atoms with E-state index in [0.29, 0.717) is 0 Å². The second-order valence-electron chi connectivity index (χ2n) is 2.06. The Labute approximate surface area is 58.8 Å². The fourth-order valence-electron chi connectivity index (χ4n) is 0.698. The molecule has 1 N–H and O–H groups in total. The first-order valence-electron chi connectivity index (χ1n) is 2.88. The first kappa shape index (κ1) is 6.86. The van der Waals surface area contributed by atoms with Gasteiger partial charge in [0, 0.05) is 11.9 Å². The Kier molecular flexibility index (Phi) is 1.75. The zero-order valence-electron chi connectivity index (χ0n) is 5.61. The third-order valence-corrected chi connectivity index (χ3v) is 1.23. The number of carbonyl (C=O) groups is 1. The van der Waals surface area contributed by atoms with Gasteiger partial charge in [0.05, 0.1) is 6.33 Å². The fourth-order valence-corrected chi connectivity index (χ4v) is 0.698. The number of hydrogen-bond acceptors (Lipinski definition) is 2. The molecular formula is C5H7BN2O2. The van der Waals surface area contributed by atoms with E-state index in [2.05, 4.69) is 4.98 Å². The van der Waals surface area contributed by atoms with Gasteiger partial charge in [0.1, 0.15) is 0 Å². The van der Waals surface area contributed by atoms with Crippen LogP contribution in [-0.2, 0) is 0 Å². The van der Waals surface area contributed by atoms with Crippen molar-refractivity contribution in [2.75, 3.05) is 0 Å². The van der Waals surface area contributed by atoms with Crippen LogP contribution in [0.25, 0.3) is 0 Å². The summed E-state index contributed by atoms with van der Waals surface area (Å²) in [5.41, 5.74) is 0.863. The molecule has 0 amide bonds. The van der Waals surface area contributed by atoms with E-state index < -0.39 is 5.87 Å². The Morgan fingerprint density at radius 1 is 1.90 bits per heavy atom. The maximum absolute atomic E-state index is 10.2. The van der Waals surface area contributed by atoms with Crippen LogP contribution in [0.2, 0.25) is 0 Å². The topological polar surface area (TPSA) is 55.1 Å². The monoisotopic (exact) mass is 138 g/mol. The van der Waals surface area contributed by atoms with Gasteiger partial charge >= 0.3 is 7.41 Å². The summed E-state index contributed by atoms with van der Waals surface area (Å²) in [6.45, 7) is 1.82. The molecule has 1 aromatic heterocycles. The highest BCUT2D eigenvalue weighted by Gasteiger charge is 2.04. The molecule has 0 aliphatic rings. The van der Waals surface area contributed by atoms with E-state index in [1.165, 1.54) is 6.33 Å². The molecule has 0 unspecified atom stereocenters. The van der Waals surface area contributed by atoms with Gasteiger partial charge in [-0.2, -0.15) is 0 Å². The van der Waals surface area contributed by atoms with Crippen LogP contribution < -0.4 is 0 Å². The van der Waals surface area contributed by atoms with Gasteiger partial charge in [-0.3, -0.25) is 4.79 Å². The van der Waals surface area contributed by atoms with Crippen molar-refractivity contribution in [3.63, 3.8) is 0 Å². The molecule has 10 heavy (non-hydrogen) atoms. The normalized spacial score (nSPS) is 9.30. The van der Waals surface area contributed by atoms with E-state index in [0.717, 1.165) is 5.69 Å². The highest BCUT2D eigenvalue weighted by molar-refractivity contribution is 6.70. The van der Waals surface area contributed by atoms with E-state index >= 15 is 0 Å². The number of aryl methyl sites for hydroxylation is 1. The van der Waals surface area contributed by atoms with Gasteiger partial charge in [0.15, 0.2) is 0 Å². The molecule has 0 saturated heterocycles. The van der Waals surface area contributed by atoms with Crippen molar-refractivity contribution in [1.82, 2.24) is 9.46 Å². The average Bonchev–Trinajstić information content (AvgIpc) is 2.15. The smallest absolute Gasteiger partial charge is 0.375 e. The third-order valence-electron chi connectivity index (χ3n) is 1.23. The van der Waals surface area contributed by atoms with Gasteiger partial charge in [-0.25, -0.2) is 4.98 Å². The minimum atomic E-state index is -0.846. The van der Waals surface area contributed by atoms with E-state index in [9.17, 15) is 4.79 Å². The van der Waals surface area contributed by atoms with Crippen LogP contribution in [0, 0.1) is 6.92 Å². The first-order chi connectivity index (χ1) is 4.70. The average molecular weight is 138 g/mol. The standard InChI is InChI=1S/C5H7BN2O2/c1-4-2-7-3-8(4)6-5(9)10/h2-3,6H,1H3,(H,9,10). The molecule has 0 spiro atoms. The van der Waals surface area contributed by atoms with Gasteiger partial charge in [0.25, 0.3) is 5.87 Å². The minimum Gasteiger partial charge on any atom is -0.488 e. The predicted molar refractivity (Wildman–Crippen MR) is 37.5 cm³/mol. The van der Waals surface area contributed by atoms with Crippen LogP contribution in [-0.4, -0.2) is 27.9 Å². The lowest BCUT2D eigenvalue weighted by Gasteiger charge is -1.95. The lowest BCUT2D eigenvalue weighted by Crippen LogP contribution is -2.16. The number of rotatable bonds is 2. The maximum Gasteiger partial charge on any atom is 0.375 e. The molecule has 1 heterocycles. The highest BCUT2D eigenvalue weighted by Crippen LogP contribution is 1.92. The summed E-state index contributed by atoms with van der Waals surface area (Å²) in [5.74, 6) is -0.846. The van der Waals surface area contributed by atoms with Gasteiger partial charge in [-0.05, 0) is 6.92 Å². The van der Waals surface area contributed by atoms with E-state index in [1.54, 1.807) is 10.7 Å². The van der Waals surface area contributed by atoms with Gasteiger partial charge in [-0.15, -0.1) is 0 Å². The second kappa shape index (κ2) is 2.55. The van der Waals surface area contributed by atoms with Gasteiger partial charge < -0.3 is 9.58 Å². The van der Waals surface area contributed by atoms with Crippen LogP contribution in [0.15, 0.2) is 12.5 Å². The third kappa shape index (κ3) is 1.37. The summed E-state index contributed by atoms with van der Waals surface area (Å²) in [5, 5.41) is 8.36. The summed E-state index contributed by atoms with van der Waals surface area (Å²) in [7, 11) is -0.00810. The van der Waals surface area contributed by atoms with Crippen LogP contribution >= 0.6 is 0 Å². The van der Waals surface area contributed by atoms with Crippen molar-refractivity contribution in [2.24, 2.45) is 0 Å². The molecule has 0 atom stereocenters. The molecule has 0 aliphatic carbocycles. The zero-order chi connectivity index (χ0) is 7.56. The summed E-state index contributed by atoms with van der Waals surface area (Å²) in [6.07, 6.45) is 3.13. The van der Waals surface area contributed by atoms with Crippen molar-refractivity contribution >= 4 is 13.3 Å². The quantitative estimate of drug-likeness (QED) is 0.588. The molecule has 4 nitrogen and oxygen atoms in total. The molecule has 5 heteroatoms. The van der Waals surface area contributed by atoms with E-state index in [-0.39, 0.29) is 7.41 Å². The summed E-state index contributed by atoms with van der Waals surface area (Å²) in [4.78, 5) is 13.9. The Bertz CT molecular complexity index is 246. The fraction of sp³-hybridized carbons (Fsp3) is 0.200. The number of nitrogens with zero attached hydrogens (tertiary/aromatic N) is 2. The molecule has 0 fully saturated rings. The molecule has 0 radical (unpaired) electrons. The summed E-state index contributed by atoms with van der Waals surface area (Å²) in [6, 6.07) is 0. The van der Waals surface area contributed by atoms with Crippen LogP contribution in [0.5, 0.6) is 0 Å². The van der Waals surface area contributed by atoms with Crippen molar-refractivity contribution < 1.29 is 9.90 Å². The number of hydrogen-bond donors (Lipinski definition) is 1. The van der Waals surface area contributed by atoms with Crippen molar-refractivity contribution in [3.8, 4) is 0 Å². The Morgan fingerprint density at radius 2 is 2.60 bits per heavy atom. The summed E-state index contributed by atoms with van der Waals surface area (Å²) < 4.78 is 1.57. The number of aromatic nitrogens is 2. The van der Waals surface area contributed by atoms with E-state index in [4.69, 9.17) is 5.11 Å². The van der Waals surface area contributed by atoms with E-state index in [1.807, 2.05) is 6.92 Å². The molecule has 52 valence electrons. The van der Waals surface area contributed by atoms with Crippen molar-refractivity contribution in [1.29, 1.82) is 0 Å². The van der Waals surface area contributed by atoms with Crippen LogP contribution in [0.4, 0.5) is 4.79 Å². The van der Waals surface area contributed by atoms with Crippen molar-refractivity contribution in [3.05, 3.63) is 18.2 Å². The lowest BCUT2D eigenvalue weighted by molar-refractivity contribution is 0.219. The number of imidazole rings is 1. The van der Waals surface area contributed by atoms with Crippen LogP contribution in [0.3, 0.4) is 0 Å². The largest absolute Gasteiger partial charge is 0.488 e. The van der Waals surface area contributed by atoms with Crippen LogP contribution in [0.1, 0.15) is 5.69 Å². The maximum atomic E-state index is 10.2. The second-order valence-corrected chi connectivity index (χ2v) is 2.06. The van der Waals surface area contributed by atoms with Gasteiger partial charge in [-0.1, -0.05) is 0 Å². The first-order valence-corrected chi connectivity index (χ1v) is 2.88.